The van der Waals surface area contributed by atoms with Gasteiger partial charge in [-0.2, -0.15) is 0 Å². The smallest absolute Gasteiger partial charge is 0.0532 e. The van der Waals surface area contributed by atoms with Crippen LogP contribution >= 0.6 is 11.6 Å². The number of nitrogens with one attached hydrogen (secondary N) is 1. The Hall–Kier alpha value is -1.03. The van der Waals surface area contributed by atoms with Gasteiger partial charge in [0, 0.05) is 56.9 Å². The highest BCUT2D eigenvalue weighted by atomic mass is 35.5. The number of hydrogen-bond acceptors (Lipinski definition) is 2. The summed E-state index contributed by atoms with van der Waals surface area (Å²) in [6, 6.07) is 6.45. The van der Waals surface area contributed by atoms with Crippen LogP contribution in [0, 0.1) is 0 Å². The average molecular weight is 278 g/mol. The number of piperazine rings is 1. The number of benzene rings is 1. The number of halogens is 1. The van der Waals surface area contributed by atoms with E-state index >= 15 is 0 Å². The average Bonchev–Trinajstić information content (AvgIpc) is 2.82. The van der Waals surface area contributed by atoms with Crippen LogP contribution in [0.15, 0.2) is 24.4 Å². The third-order valence-electron chi connectivity index (χ3n) is 3.99. The van der Waals surface area contributed by atoms with Gasteiger partial charge in [-0.15, -0.1) is 0 Å². The molecule has 1 aliphatic rings. The summed E-state index contributed by atoms with van der Waals surface area (Å²) in [4.78, 5) is 2.50. The Labute approximate surface area is 119 Å². The molecule has 19 heavy (non-hydrogen) atoms. The van der Waals surface area contributed by atoms with Crippen molar-refractivity contribution in [3.8, 4) is 0 Å². The molecule has 1 N–H and O–H groups in total. The molecule has 0 spiro atoms. The summed E-state index contributed by atoms with van der Waals surface area (Å²) >= 11 is 6.53. The number of hydrogen-bond donors (Lipinski definition) is 1. The zero-order valence-corrected chi connectivity index (χ0v) is 12.1. The Kier molecular flexibility index (Phi) is 3.78. The van der Waals surface area contributed by atoms with Gasteiger partial charge in [0.1, 0.15) is 0 Å². The summed E-state index contributed by atoms with van der Waals surface area (Å²) in [5, 5.41) is 5.47. The van der Waals surface area contributed by atoms with E-state index in [0.717, 1.165) is 44.2 Å². The van der Waals surface area contributed by atoms with Gasteiger partial charge in [-0.1, -0.05) is 17.7 Å². The molecule has 0 aliphatic carbocycles. The lowest BCUT2D eigenvalue weighted by molar-refractivity contribution is 0.244. The van der Waals surface area contributed by atoms with Crippen LogP contribution in [-0.4, -0.2) is 42.2 Å². The summed E-state index contributed by atoms with van der Waals surface area (Å²) in [6.07, 6.45) is 3.10. The lowest BCUT2D eigenvalue weighted by atomic mass is 10.1. The van der Waals surface area contributed by atoms with Gasteiger partial charge >= 0.3 is 0 Å². The quantitative estimate of drug-likeness (QED) is 0.929. The second-order valence-corrected chi connectivity index (χ2v) is 5.62. The van der Waals surface area contributed by atoms with Crippen molar-refractivity contribution in [1.29, 1.82) is 0 Å². The molecule has 1 aromatic heterocycles. The fourth-order valence-electron chi connectivity index (χ4n) is 2.77. The van der Waals surface area contributed by atoms with Crippen LogP contribution in [0.25, 0.3) is 10.9 Å². The minimum Gasteiger partial charge on any atom is -0.351 e. The molecule has 1 aromatic carbocycles. The van der Waals surface area contributed by atoms with E-state index in [1.807, 2.05) is 0 Å². The topological polar surface area (TPSA) is 20.2 Å². The molecular formula is C15H20ClN3. The largest absolute Gasteiger partial charge is 0.351 e. The molecular weight excluding hydrogens is 258 g/mol. The Bertz CT molecular complexity index is 570. The predicted molar refractivity (Wildman–Crippen MR) is 80.9 cm³/mol. The molecule has 102 valence electrons. The third-order valence-corrected chi connectivity index (χ3v) is 4.43. The normalized spacial score (nSPS) is 17.2. The second-order valence-electron chi connectivity index (χ2n) is 5.24. The Morgan fingerprint density at radius 2 is 2.00 bits per heavy atom. The van der Waals surface area contributed by atoms with Gasteiger partial charge in [0.2, 0.25) is 0 Å². The zero-order valence-electron chi connectivity index (χ0n) is 11.3. The van der Waals surface area contributed by atoms with E-state index in [0.29, 0.717) is 0 Å². The molecule has 0 saturated carbocycles. The van der Waals surface area contributed by atoms with Crippen molar-refractivity contribution >= 4 is 22.5 Å². The molecule has 0 amide bonds. The maximum absolute atomic E-state index is 6.53. The molecule has 2 aromatic rings. The standard InChI is InChI=1S/C15H20ClN3/c1-18-8-5-13-14(18)3-2-12(15(13)16)4-9-19-10-6-17-7-11-19/h2-3,5,8,17H,4,6-7,9-11H2,1H3. The van der Waals surface area contributed by atoms with Gasteiger partial charge in [0.25, 0.3) is 0 Å². The number of aryl methyl sites for hydroxylation is 1. The van der Waals surface area contributed by atoms with Gasteiger partial charge in [-0.25, -0.2) is 0 Å². The van der Waals surface area contributed by atoms with Crippen LogP contribution in [0.4, 0.5) is 0 Å². The highest BCUT2D eigenvalue weighted by Crippen LogP contribution is 2.28. The highest BCUT2D eigenvalue weighted by Gasteiger charge is 2.12. The monoisotopic (exact) mass is 277 g/mol. The number of aromatic nitrogens is 1. The fourth-order valence-corrected chi connectivity index (χ4v) is 3.08. The summed E-state index contributed by atoms with van der Waals surface area (Å²) < 4.78 is 2.11. The van der Waals surface area contributed by atoms with Crippen molar-refractivity contribution in [3.05, 3.63) is 35.0 Å². The Balaban J connectivity index is 1.75. The van der Waals surface area contributed by atoms with Gasteiger partial charge in [0.15, 0.2) is 0 Å². The lowest BCUT2D eigenvalue weighted by Gasteiger charge is -2.27. The highest BCUT2D eigenvalue weighted by molar-refractivity contribution is 6.36. The molecule has 0 radical (unpaired) electrons. The van der Waals surface area contributed by atoms with E-state index in [-0.39, 0.29) is 0 Å². The van der Waals surface area contributed by atoms with E-state index in [4.69, 9.17) is 11.6 Å². The van der Waals surface area contributed by atoms with Crippen LogP contribution < -0.4 is 5.32 Å². The zero-order chi connectivity index (χ0) is 13.2. The summed E-state index contributed by atoms with van der Waals surface area (Å²) in [5.41, 5.74) is 2.47. The number of rotatable bonds is 3. The first-order chi connectivity index (χ1) is 9.25. The number of nitrogens with zero attached hydrogens (tertiary/aromatic N) is 2. The van der Waals surface area contributed by atoms with Crippen molar-refractivity contribution in [3.63, 3.8) is 0 Å². The van der Waals surface area contributed by atoms with Crippen molar-refractivity contribution in [2.45, 2.75) is 6.42 Å². The summed E-state index contributed by atoms with van der Waals surface area (Å²) in [6.45, 7) is 5.59. The molecule has 3 nitrogen and oxygen atoms in total. The van der Waals surface area contributed by atoms with Crippen molar-refractivity contribution < 1.29 is 0 Å². The molecule has 3 rings (SSSR count). The molecule has 0 bridgehead atoms. The van der Waals surface area contributed by atoms with Crippen LogP contribution in [0.2, 0.25) is 5.02 Å². The van der Waals surface area contributed by atoms with Crippen molar-refractivity contribution in [2.24, 2.45) is 7.05 Å². The predicted octanol–water partition coefficient (Wildman–Crippen LogP) is 2.28. The van der Waals surface area contributed by atoms with E-state index < -0.39 is 0 Å². The molecule has 0 unspecified atom stereocenters. The molecule has 1 saturated heterocycles. The lowest BCUT2D eigenvalue weighted by Crippen LogP contribution is -2.44. The van der Waals surface area contributed by atoms with E-state index in [1.54, 1.807) is 0 Å². The second kappa shape index (κ2) is 5.53. The van der Waals surface area contributed by atoms with Gasteiger partial charge in [0.05, 0.1) is 5.02 Å². The van der Waals surface area contributed by atoms with Crippen LogP contribution in [0.3, 0.4) is 0 Å². The Morgan fingerprint density at radius 1 is 1.21 bits per heavy atom. The SMILES string of the molecule is Cn1ccc2c(Cl)c(CCN3CCNCC3)ccc21. The third kappa shape index (κ3) is 2.64. The first-order valence-corrected chi connectivity index (χ1v) is 7.29. The molecule has 0 atom stereocenters. The van der Waals surface area contributed by atoms with Crippen molar-refractivity contribution in [2.75, 3.05) is 32.7 Å². The van der Waals surface area contributed by atoms with Crippen LogP contribution in [0.5, 0.6) is 0 Å². The summed E-state index contributed by atoms with van der Waals surface area (Å²) in [5.74, 6) is 0. The maximum Gasteiger partial charge on any atom is 0.0532 e. The molecule has 4 heteroatoms. The molecule has 2 heterocycles. The molecule has 1 aliphatic heterocycles. The first kappa shape index (κ1) is 13.0. The van der Waals surface area contributed by atoms with Gasteiger partial charge in [-0.3, -0.25) is 0 Å². The minimum atomic E-state index is 0.924. The van der Waals surface area contributed by atoms with Crippen molar-refractivity contribution in [1.82, 2.24) is 14.8 Å². The van der Waals surface area contributed by atoms with Gasteiger partial charge in [-0.05, 0) is 24.1 Å². The Morgan fingerprint density at radius 3 is 2.79 bits per heavy atom. The van der Waals surface area contributed by atoms with E-state index in [2.05, 4.69) is 46.2 Å². The molecule has 1 fully saturated rings. The van der Waals surface area contributed by atoms with E-state index in [9.17, 15) is 0 Å². The summed E-state index contributed by atoms with van der Waals surface area (Å²) in [7, 11) is 2.05. The fraction of sp³-hybridized carbons (Fsp3) is 0.467. The van der Waals surface area contributed by atoms with Crippen LogP contribution in [0.1, 0.15) is 5.56 Å². The van der Waals surface area contributed by atoms with E-state index in [1.165, 1.54) is 16.5 Å². The maximum atomic E-state index is 6.53. The first-order valence-electron chi connectivity index (χ1n) is 6.91. The van der Waals surface area contributed by atoms with Crippen LogP contribution in [-0.2, 0) is 13.5 Å². The number of fused-ring (bicyclic) bond motifs is 1. The van der Waals surface area contributed by atoms with Gasteiger partial charge < -0.3 is 14.8 Å². The minimum absolute atomic E-state index is 0.924.